The van der Waals surface area contributed by atoms with E-state index in [9.17, 15) is 9.00 Å². The van der Waals surface area contributed by atoms with Crippen molar-refractivity contribution in [2.45, 2.75) is 17.9 Å². The van der Waals surface area contributed by atoms with Crippen LogP contribution in [-0.4, -0.2) is 39.2 Å². The van der Waals surface area contributed by atoms with E-state index < -0.39 is 10.8 Å². The van der Waals surface area contributed by atoms with Crippen molar-refractivity contribution >= 4 is 16.8 Å². The van der Waals surface area contributed by atoms with E-state index in [4.69, 9.17) is 9.47 Å². The Morgan fingerprint density at radius 1 is 0.943 bits per heavy atom. The molecule has 0 bridgehead atoms. The van der Waals surface area contributed by atoms with Crippen molar-refractivity contribution in [3.8, 4) is 22.8 Å². The Kier molecular flexibility index (Phi) is 8.30. The summed E-state index contributed by atoms with van der Waals surface area (Å²) >= 11 is 0. The highest BCUT2D eigenvalue weighted by Gasteiger charge is 2.08. The van der Waals surface area contributed by atoms with Crippen LogP contribution in [0.5, 0.6) is 11.5 Å². The summed E-state index contributed by atoms with van der Waals surface area (Å²) in [7, 11) is -0.988. The maximum absolute atomic E-state index is 12.4. The molecule has 1 N–H and O–H groups in total. The van der Waals surface area contributed by atoms with Crippen LogP contribution in [0.25, 0.3) is 11.3 Å². The van der Waals surface area contributed by atoms with Crippen molar-refractivity contribution in [2.75, 3.05) is 19.4 Å². The van der Waals surface area contributed by atoms with E-state index in [1.165, 1.54) is 10.9 Å². The third-order valence-corrected chi connectivity index (χ3v) is 6.17. The van der Waals surface area contributed by atoms with Gasteiger partial charge in [0.1, 0.15) is 24.4 Å². The molecule has 0 aliphatic rings. The first kappa shape index (κ1) is 24.2. The number of rotatable bonds is 10. The first-order valence-corrected chi connectivity index (χ1v) is 12.8. The summed E-state index contributed by atoms with van der Waals surface area (Å²) in [5.41, 5.74) is 2.58. The molecule has 4 rings (SSSR count). The summed E-state index contributed by atoms with van der Waals surface area (Å²) in [5.74, 6) is 1.55. The lowest BCUT2D eigenvalue weighted by Crippen LogP contribution is -2.29. The number of nitrogens with zero attached hydrogens (tertiary/aromatic N) is 2. The third kappa shape index (κ3) is 7.04. The van der Waals surface area contributed by atoms with Gasteiger partial charge in [0, 0.05) is 40.3 Å². The zero-order valence-electron chi connectivity index (χ0n) is 19.4. The van der Waals surface area contributed by atoms with Crippen LogP contribution in [0.1, 0.15) is 12.0 Å². The average molecular weight is 490 g/mol. The molecule has 35 heavy (non-hydrogen) atoms. The lowest BCUT2D eigenvalue weighted by atomic mass is 10.1. The quantitative estimate of drug-likeness (QED) is 0.321. The second kappa shape index (κ2) is 12.0. The molecular weight excluding hydrogens is 462 g/mol. The maximum atomic E-state index is 12.4. The number of carbonyl (C=O) groups is 1. The predicted octanol–water partition coefficient (Wildman–Crippen LogP) is 4.89. The first-order chi connectivity index (χ1) is 17.1. The van der Waals surface area contributed by atoms with E-state index >= 15 is 0 Å². The highest BCUT2D eigenvalue weighted by molar-refractivity contribution is 7.84. The van der Waals surface area contributed by atoms with Crippen LogP contribution in [0.15, 0.2) is 96.3 Å². The molecule has 4 aromatic rings. The zero-order chi connectivity index (χ0) is 24.5. The molecule has 0 fully saturated rings. The van der Waals surface area contributed by atoms with E-state index in [1.54, 1.807) is 12.5 Å². The van der Waals surface area contributed by atoms with Crippen molar-refractivity contribution in [2.24, 2.45) is 0 Å². The van der Waals surface area contributed by atoms with Crippen LogP contribution < -0.4 is 14.8 Å². The summed E-state index contributed by atoms with van der Waals surface area (Å²) in [5, 5.41) is 2.87. The molecular formula is C27H27N3O4S. The predicted molar refractivity (Wildman–Crippen MR) is 136 cm³/mol. The lowest BCUT2D eigenvalue weighted by molar-refractivity contribution is 0.240. The number of amides is 1. The third-order valence-electron chi connectivity index (χ3n) is 5.24. The number of hydrogen-bond donors (Lipinski definition) is 1. The number of para-hydroxylation sites is 1. The second-order valence-corrected chi connectivity index (χ2v) is 9.20. The fourth-order valence-corrected chi connectivity index (χ4v) is 3.83. The number of hydrogen-bond acceptors (Lipinski definition) is 5. The molecule has 0 saturated carbocycles. The molecule has 1 heterocycles. The highest BCUT2D eigenvalue weighted by Crippen LogP contribution is 2.22. The van der Waals surface area contributed by atoms with Crippen LogP contribution in [-0.2, 0) is 17.4 Å². The van der Waals surface area contributed by atoms with E-state index in [0.29, 0.717) is 31.9 Å². The number of ether oxygens (including phenoxy) is 2. The van der Waals surface area contributed by atoms with Crippen LogP contribution in [0.2, 0.25) is 0 Å². The van der Waals surface area contributed by atoms with Gasteiger partial charge in [-0.2, -0.15) is 0 Å². The fourth-order valence-electron chi connectivity index (χ4n) is 3.31. The van der Waals surface area contributed by atoms with Gasteiger partial charge in [-0.3, -0.25) is 8.78 Å². The van der Waals surface area contributed by atoms with Crippen LogP contribution in [0.3, 0.4) is 0 Å². The molecule has 1 unspecified atom stereocenters. The molecule has 8 heteroatoms. The maximum Gasteiger partial charge on any atom is 0.326 e. The first-order valence-electron chi connectivity index (χ1n) is 11.2. The van der Waals surface area contributed by atoms with Crippen molar-refractivity contribution in [1.82, 2.24) is 14.9 Å². The number of imidazole rings is 1. The molecule has 1 aromatic heterocycles. The Hall–Kier alpha value is -3.91. The summed E-state index contributed by atoms with van der Waals surface area (Å²) in [4.78, 5) is 17.5. The van der Waals surface area contributed by atoms with Crippen molar-refractivity contribution in [3.05, 3.63) is 97.0 Å². The molecule has 7 nitrogen and oxygen atoms in total. The van der Waals surface area contributed by atoms with E-state index in [1.807, 2.05) is 78.9 Å². The molecule has 3 aromatic carbocycles. The number of nitrogens with one attached hydrogen (secondary N) is 1. The Bertz CT molecular complexity index is 1260. The largest absolute Gasteiger partial charge is 0.494 e. The second-order valence-electron chi connectivity index (χ2n) is 7.82. The summed E-state index contributed by atoms with van der Waals surface area (Å²) in [6.45, 7) is 1.45. The van der Waals surface area contributed by atoms with Gasteiger partial charge in [0.15, 0.2) is 0 Å². The summed E-state index contributed by atoms with van der Waals surface area (Å²) in [6.07, 6.45) is 5.56. The van der Waals surface area contributed by atoms with Gasteiger partial charge in [-0.25, -0.2) is 9.78 Å². The average Bonchev–Trinajstić information content (AvgIpc) is 3.39. The van der Waals surface area contributed by atoms with Crippen molar-refractivity contribution in [3.63, 3.8) is 0 Å². The molecule has 0 saturated heterocycles. The minimum absolute atomic E-state index is 0.235. The Balaban J connectivity index is 1.23. The lowest BCUT2D eigenvalue weighted by Gasteiger charge is -2.08. The van der Waals surface area contributed by atoms with E-state index in [2.05, 4.69) is 10.3 Å². The van der Waals surface area contributed by atoms with Crippen molar-refractivity contribution in [1.29, 1.82) is 0 Å². The summed E-state index contributed by atoms with van der Waals surface area (Å²) in [6, 6.07) is 24.4. The van der Waals surface area contributed by atoms with Gasteiger partial charge in [-0.15, -0.1) is 0 Å². The smallest absolute Gasteiger partial charge is 0.326 e. The van der Waals surface area contributed by atoms with Gasteiger partial charge < -0.3 is 14.8 Å². The number of carbonyl (C=O) groups excluding carboxylic acids is 1. The number of aromatic nitrogens is 2. The Morgan fingerprint density at radius 2 is 1.66 bits per heavy atom. The Labute approximate surface area is 207 Å². The molecule has 1 atom stereocenters. The van der Waals surface area contributed by atoms with Crippen LogP contribution in [0, 0.1) is 0 Å². The zero-order valence-corrected chi connectivity index (χ0v) is 20.2. The molecule has 0 aliphatic heterocycles. The molecule has 0 spiro atoms. The van der Waals surface area contributed by atoms with Gasteiger partial charge in [-0.05, 0) is 60.5 Å². The monoisotopic (exact) mass is 489 g/mol. The standard InChI is InChI=1S/C27H27N3O4S/c1-35(32)25-14-8-21(9-15-25)19-34-24-12-10-22(11-13-24)26-18-30(20-29-26)27(31)28-16-5-17-33-23-6-3-2-4-7-23/h2-4,6-15,18,20H,5,16-17,19H2,1H3,(H,28,31). The summed E-state index contributed by atoms with van der Waals surface area (Å²) < 4.78 is 24.4. The molecule has 1 amide bonds. The van der Waals surface area contributed by atoms with Gasteiger partial charge in [0.05, 0.1) is 12.3 Å². The minimum atomic E-state index is -0.988. The Morgan fingerprint density at radius 3 is 2.37 bits per heavy atom. The van der Waals surface area contributed by atoms with E-state index in [-0.39, 0.29) is 6.03 Å². The SMILES string of the molecule is CS(=O)c1ccc(COc2ccc(-c3cn(C(=O)NCCCOc4ccccc4)cn3)cc2)cc1. The fraction of sp³-hybridized carbons (Fsp3) is 0.185. The highest BCUT2D eigenvalue weighted by atomic mass is 32.2. The van der Waals surface area contributed by atoms with Crippen LogP contribution in [0.4, 0.5) is 4.79 Å². The van der Waals surface area contributed by atoms with Gasteiger partial charge >= 0.3 is 6.03 Å². The molecule has 180 valence electrons. The van der Waals surface area contributed by atoms with Crippen molar-refractivity contribution < 1.29 is 18.5 Å². The van der Waals surface area contributed by atoms with E-state index in [0.717, 1.165) is 27.5 Å². The van der Waals surface area contributed by atoms with Gasteiger partial charge in [0.25, 0.3) is 0 Å². The topological polar surface area (TPSA) is 82.5 Å². The number of benzene rings is 3. The molecule has 0 aliphatic carbocycles. The van der Waals surface area contributed by atoms with Crippen LogP contribution >= 0.6 is 0 Å². The minimum Gasteiger partial charge on any atom is -0.494 e. The van der Waals surface area contributed by atoms with Gasteiger partial charge in [-0.1, -0.05) is 30.3 Å². The normalized spacial score (nSPS) is 11.6. The van der Waals surface area contributed by atoms with Gasteiger partial charge in [0.2, 0.25) is 0 Å². The molecule has 0 radical (unpaired) electrons.